The van der Waals surface area contributed by atoms with Crippen molar-refractivity contribution in [3.8, 4) is 0 Å². The van der Waals surface area contributed by atoms with Crippen LogP contribution in [0.15, 0.2) is 24.7 Å². The predicted molar refractivity (Wildman–Crippen MR) is 83.6 cm³/mol. The van der Waals surface area contributed by atoms with Crippen LogP contribution in [0.25, 0.3) is 0 Å². The zero-order chi connectivity index (χ0) is 14.5. The molecule has 2 aromatic rings. The Bertz CT molecular complexity index is 573. The van der Waals surface area contributed by atoms with Gasteiger partial charge in [0, 0.05) is 26.0 Å². The molecule has 3 rings (SSSR count). The minimum absolute atomic E-state index is 0.594. The van der Waals surface area contributed by atoms with Crippen LogP contribution in [0.4, 0.5) is 17.5 Å². The molecule has 0 aromatic carbocycles. The first-order chi connectivity index (χ1) is 10.3. The number of hydrogen-bond donors (Lipinski definition) is 2. The molecule has 1 saturated carbocycles. The van der Waals surface area contributed by atoms with Gasteiger partial charge in [-0.1, -0.05) is 19.3 Å². The van der Waals surface area contributed by atoms with Crippen molar-refractivity contribution in [2.24, 2.45) is 13.0 Å². The van der Waals surface area contributed by atoms with E-state index in [0.717, 1.165) is 24.0 Å². The SMILES string of the molecule is Cn1cc(Nc2nccc(NCC3CCCCC3)n2)cn1. The van der Waals surface area contributed by atoms with Gasteiger partial charge in [-0.3, -0.25) is 4.68 Å². The van der Waals surface area contributed by atoms with Crippen molar-refractivity contribution in [3.05, 3.63) is 24.7 Å². The summed E-state index contributed by atoms with van der Waals surface area (Å²) in [4.78, 5) is 8.73. The first kappa shape index (κ1) is 13.9. The van der Waals surface area contributed by atoms with E-state index < -0.39 is 0 Å². The lowest BCUT2D eigenvalue weighted by molar-refractivity contribution is 0.373. The van der Waals surface area contributed by atoms with Crippen molar-refractivity contribution in [2.45, 2.75) is 32.1 Å². The Labute approximate surface area is 125 Å². The summed E-state index contributed by atoms with van der Waals surface area (Å²) in [5.41, 5.74) is 0.891. The van der Waals surface area contributed by atoms with Gasteiger partial charge in [0.25, 0.3) is 0 Å². The summed E-state index contributed by atoms with van der Waals surface area (Å²) in [5, 5.41) is 10.7. The lowest BCUT2D eigenvalue weighted by atomic mass is 9.89. The summed E-state index contributed by atoms with van der Waals surface area (Å²) in [5.74, 6) is 2.25. The van der Waals surface area contributed by atoms with Crippen molar-refractivity contribution in [1.82, 2.24) is 19.7 Å². The fourth-order valence-electron chi connectivity index (χ4n) is 2.77. The third-order valence-electron chi connectivity index (χ3n) is 3.91. The van der Waals surface area contributed by atoms with Crippen LogP contribution >= 0.6 is 0 Å². The summed E-state index contributed by atoms with van der Waals surface area (Å²) in [6.07, 6.45) is 12.2. The average Bonchev–Trinajstić information content (AvgIpc) is 2.92. The number of aromatic nitrogens is 4. The number of nitrogens with one attached hydrogen (secondary N) is 2. The Morgan fingerprint density at radius 2 is 2.14 bits per heavy atom. The topological polar surface area (TPSA) is 67.7 Å². The van der Waals surface area contributed by atoms with Gasteiger partial charge in [0.05, 0.1) is 11.9 Å². The first-order valence-corrected chi connectivity index (χ1v) is 7.62. The first-order valence-electron chi connectivity index (χ1n) is 7.62. The molecule has 6 nitrogen and oxygen atoms in total. The summed E-state index contributed by atoms with van der Waals surface area (Å²) in [6, 6.07) is 1.91. The van der Waals surface area contributed by atoms with Crippen LogP contribution in [0, 0.1) is 5.92 Å². The third kappa shape index (κ3) is 3.93. The molecule has 21 heavy (non-hydrogen) atoms. The van der Waals surface area contributed by atoms with E-state index in [2.05, 4.69) is 25.7 Å². The fourth-order valence-corrected chi connectivity index (χ4v) is 2.77. The zero-order valence-corrected chi connectivity index (χ0v) is 12.4. The van der Waals surface area contributed by atoms with Crippen LogP contribution < -0.4 is 10.6 Å². The number of nitrogens with zero attached hydrogens (tertiary/aromatic N) is 4. The van der Waals surface area contributed by atoms with Gasteiger partial charge in [-0.15, -0.1) is 0 Å². The predicted octanol–water partition coefficient (Wildman–Crippen LogP) is 2.95. The van der Waals surface area contributed by atoms with Crippen LogP contribution in [0.1, 0.15) is 32.1 Å². The quantitative estimate of drug-likeness (QED) is 0.884. The van der Waals surface area contributed by atoms with E-state index in [1.54, 1.807) is 17.1 Å². The van der Waals surface area contributed by atoms with Gasteiger partial charge >= 0.3 is 0 Å². The van der Waals surface area contributed by atoms with E-state index in [9.17, 15) is 0 Å². The fraction of sp³-hybridized carbons (Fsp3) is 0.533. The Kier molecular flexibility index (Phi) is 4.33. The number of aryl methyl sites for hydroxylation is 1. The Morgan fingerprint density at radius 3 is 2.90 bits per heavy atom. The Hall–Kier alpha value is -2.11. The number of rotatable bonds is 5. The molecule has 0 atom stereocenters. The monoisotopic (exact) mass is 286 g/mol. The molecule has 0 spiro atoms. The molecular weight excluding hydrogens is 264 g/mol. The summed E-state index contributed by atoms with van der Waals surface area (Å²) in [7, 11) is 1.88. The molecular formula is C15H22N6. The molecule has 2 heterocycles. The van der Waals surface area contributed by atoms with Crippen molar-refractivity contribution >= 4 is 17.5 Å². The van der Waals surface area contributed by atoms with Gasteiger partial charge in [0.2, 0.25) is 5.95 Å². The second-order valence-electron chi connectivity index (χ2n) is 5.68. The highest BCUT2D eigenvalue weighted by Crippen LogP contribution is 2.23. The summed E-state index contributed by atoms with van der Waals surface area (Å²) >= 11 is 0. The van der Waals surface area contributed by atoms with Crippen molar-refractivity contribution in [1.29, 1.82) is 0 Å². The molecule has 1 aliphatic carbocycles. The van der Waals surface area contributed by atoms with Crippen LogP contribution in [-0.2, 0) is 7.05 Å². The van der Waals surface area contributed by atoms with Crippen LogP contribution in [0.3, 0.4) is 0 Å². The van der Waals surface area contributed by atoms with Gasteiger partial charge in [-0.05, 0) is 24.8 Å². The van der Waals surface area contributed by atoms with Gasteiger partial charge in [-0.2, -0.15) is 10.1 Å². The highest BCUT2D eigenvalue weighted by molar-refractivity contribution is 5.52. The highest BCUT2D eigenvalue weighted by atomic mass is 15.3. The maximum atomic E-state index is 4.49. The van der Waals surface area contributed by atoms with Gasteiger partial charge in [0.1, 0.15) is 5.82 Å². The molecule has 2 aromatic heterocycles. The van der Waals surface area contributed by atoms with Gasteiger partial charge in [0.15, 0.2) is 0 Å². The van der Waals surface area contributed by atoms with Crippen molar-refractivity contribution in [2.75, 3.05) is 17.2 Å². The Balaban J connectivity index is 1.57. The molecule has 0 saturated heterocycles. The molecule has 0 unspecified atom stereocenters. The van der Waals surface area contributed by atoms with Crippen LogP contribution in [0.2, 0.25) is 0 Å². The second-order valence-corrected chi connectivity index (χ2v) is 5.68. The summed E-state index contributed by atoms with van der Waals surface area (Å²) < 4.78 is 1.74. The zero-order valence-electron chi connectivity index (χ0n) is 12.4. The van der Waals surface area contributed by atoms with Crippen molar-refractivity contribution < 1.29 is 0 Å². The number of hydrogen-bond acceptors (Lipinski definition) is 5. The third-order valence-corrected chi connectivity index (χ3v) is 3.91. The van der Waals surface area contributed by atoms with Crippen LogP contribution in [0.5, 0.6) is 0 Å². The smallest absolute Gasteiger partial charge is 0.229 e. The largest absolute Gasteiger partial charge is 0.370 e. The van der Waals surface area contributed by atoms with E-state index in [0.29, 0.717) is 5.95 Å². The Morgan fingerprint density at radius 1 is 1.29 bits per heavy atom. The maximum absolute atomic E-state index is 4.49. The molecule has 0 radical (unpaired) electrons. The molecule has 0 amide bonds. The van der Waals surface area contributed by atoms with Gasteiger partial charge < -0.3 is 10.6 Å². The van der Waals surface area contributed by atoms with E-state index in [1.807, 2.05) is 19.3 Å². The highest BCUT2D eigenvalue weighted by Gasteiger charge is 2.13. The van der Waals surface area contributed by atoms with Gasteiger partial charge in [-0.25, -0.2) is 4.98 Å². The minimum atomic E-state index is 0.594. The molecule has 1 aliphatic rings. The lowest BCUT2D eigenvalue weighted by Crippen LogP contribution is -2.17. The van der Waals surface area contributed by atoms with E-state index in [-0.39, 0.29) is 0 Å². The molecule has 0 bridgehead atoms. The molecule has 0 aliphatic heterocycles. The normalized spacial score (nSPS) is 15.9. The standard InChI is InChI=1S/C15H22N6/c1-21-11-13(10-18-21)19-15-16-8-7-14(20-15)17-9-12-5-3-2-4-6-12/h7-8,10-12H,2-6,9H2,1H3,(H2,16,17,19,20). The van der Waals surface area contributed by atoms with E-state index in [1.165, 1.54) is 32.1 Å². The average molecular weight is 286 g/mol. The maximum Gasteiger partial charge on any atom is 0.229 e. The minimum Gasteiger partial charge on any atom is -0.370 e. The molecule has 6 heteroatoms. The molecule has 2 N–H and O–H groups in total. The van der Waals surface area contributed by atoms with Crippen LogP contribution in [-0.4, -0.2) is 26.3 Å². The lowest BCUT2D eigenvalue weighted by Gasteiger charge is -2.21. The second kappa shape index (κ2) is 6.56. The van der Waals surface area contributed by atoms with Crippen molar-refractivity contribution in [3.63, 3.8) is 0 Å². The van der Waals surface area contributed by atoms with E-state index >= 15 is 0 Å². The number of anilines is 3. The molecule has 1 fully saturated rings. The van der Waals surface area contributed by atoms with E-state index in [4.69, 9.17) is 0 Å². The molecule has 112 valence electrons. The summed E-state index contributed by atoms with van der Waals surface area (Å²) in [6.45, 7) is 1.00.